The van der Waals surface area contributed by atoms with Gasteiger partial charge < -0.3 is 10.1 Å². The van der Waals surface area contributed by atoms with Crippen molar-refractivity contribution in [3.05, 3.63) is 108 Å². The molecule has 1 atom stereocenters. The number of Topliss-reactive ketones (excluding diaryl/α,β-unsaturated/α-hetero) is 1. The van der Waals surface area contributed by atoms with E-state index in [1.165, 1.54) is 0 Å². The smallest absolute Gasteiger partial charge is 0.252 e. The number of rotatable bonds is 6. The van der Waals surface area contributed by atoms with Crippen LogP contribution in [0.5, 0.6) is 5.75 Å². The molecular formula is C25H21NO3. The second kappa shape index (κ2) is 7.76. The fraction of sp³-hybridized carbons (Fsp3) is 0.120. The Kier molecular flexibility index (Phi) is 5.00. The van der Waals surface area contributed by atoms with Crippen molar-refractivity contribution < 1.29 is 14.3 Å². The molecule has 0 aliphatic carbocycles. The molecular weight excluding hydrogens is 362 g/mol. The number of ether oxygens (including phenoxy) is 1. The van der Waals surface area contributed by atoms with Gasteiger partial charge in [-0.15, -0.1) is 0 Å². The minimum absolute atomic E-state index is 0.0534. The van der Waals surface area contributed by atoms with E-state index >= 15 is 0 Å². The molecule has 0 bridgehead atoms. The maximum atomic E-state index is 13.1. The Bertz CT molecular complexity index is 1060. The normalized spacial score (nSPS) is 18.1. The molecule has 1 N–H and O–H groups in total. The SMILES string of the molecule is COc1ccc(C(=O)CC2(c3ccccc3)C=C(c3ccccc3)C(=O)N2)cc1. The van der Waals surface area contributed by atoms with Crippen molar-refractivity contribution in [1.82, 2.24) is 5.32 Å². The highest BCUT2D eigenvalue weighted by molar-refractivity contribution is 6.22. The van der Waals surface area contributed by atoms with E-state index < -0.39 is 5.54 Å². The summed E-state index contributed by atoms with van der Waals surface area (Å²) in [6.07, 6.45) is 2.02. The molecule has 3 aromatic rings. The molecule has 4 heteroatoms. The summed E-state index contributed by atoms with van der Waals surface area (Å²) in [6, 6.07) is 26.1. The molecule has 4 nitrogen and oxygen atoms in total. The largest absolute Gasteiger partial charge is 0.497 e. The number of carbonyl (C=O) groups excluding carboxylic acids is 2. The van der Waals surface area contributed by atoms with Gasteiger partial charge >= 0.3 is 0 Å². The predicted molar refractivity (Wildman–Crippen MR) is 113 cm³/mol. The molecule has 3 aromatic carbocycles. The molecule has 0 fully saturated rings. The van der Waals surface area contributed by atoms with Gasteiger partial charge in [0, 0.05) is 17.6 Å². The van der Waals surface area contributed by atoms with Gasteiger partial charge in [0.2, 0.25) is 0 Å². The lowest BCUT2D eigenvalue weighted by atomic mass is 9.84. The Hall–Kier alpha value is -3.66. The van der Waals surface area contributed by atoms with Gasteiger partial charge in [-0.3, -0.25) is 9.59 Å². The average Bonchev–Trinajstić information content (AvgIpc) is 3.12. The van der Waals surface area contributed by atoms with Crippen molar-refractivity contribution in [1.29, 1.82) is 0 Å². The van der Waals surface area contributed by atoms with Gasteiger partial charge in [0.05, 0.1) is 12.6 Å². The summed E-state index contributed by atoms with van der Waals surface area (Å²) in [7, 11) is 1.59. The van der Waals surface area contributed by atoms with Crippen molar-refractivity contribution in [3.63, 3.8) is 0 Å². The molecule has 1 heterocycles. The number of carbonyl (C=O) groups is 2. The number of hydrogen-bond donors (Lipinski definition) is 1. The lowest BCUT2D eigenvalue weighted by molar-refractivity contribution is -0.116. The quantitative estimate of drug-likeness (QED) is 0.643. The number of amides is 1. The summed E-state index contributed by atoms with van der Waals surface area (Å²) in [6.45, 7) is 0. The first-order chi connectivity index (χ1) is 14.1. The summed E-state index contributed by atoms with van der Waals surface area (Å²) in [4.78, 5) is 26.0. The Morgan fingerprint density at radius 2 is 1.52 bits per heavy atom. The maximum Gasteiger partial charge on any atom is 0.252 e. The van der Waals surface area contributed by atoms with E-state index in [0.29, 0.717) is 16.9 Å². The zero-order valence-corrected chi connectivity index (χ0v) is 16.1. The third-order valence-corrected chi connectivity index (χ3v) is 5.20. The van der Waals surface area contributed by atoms with Crippen LogP contribution in [0.15, 0.2) is 91.0 Å². The van der Waals surface area contributed by atoms with Gasteiger partial charge in [-0.25, -0.2) is 0 Å². The molecule has 4 rings (SSSR count). The second-order valence-electron chi connectivity index (χ2n) is 7.04. The van der Waals surface area contributed by atoms with Crippen molar-refractivity contribution in [2.24, 2.45) is 0 Å². The Labute approximate surface area is 169 Å². The first kappa shape index (κ1) is 18.7. The molecule has 0 radical (unpaired) electrons. The van der Waals surface area contributed by atoms with Crippen molar-refractivity contribution in [3.8, 4) is 5.75 Å². The van der Waals surface area contributed by atoms with Crippen LogP contribution in [0.2, 0.25) is 0 Å². The fourth-order valence-electron chi connectivity index (χ4n) is 3.67. The Morgan fingerprint density at radius 1 is 0.897 bits per heavy atom. The van der Waals surface area contributed by atoms with Crippen LogP contribution in [0.25, 0.3) is 5.57 Å². The van der Waals surface area contributed by atoms with Gasteiger partial charge in [-0.05, 0) is 41.5 Å². The first-order valence-corrected chi connectivity index (χ1v) is 9.45. The Morgan fingerprint density at radius 3 is 2.14 bits per heavy atom. The molecule has 29 heavy (non-hydrogen) atoms. The highest BCUT2D eigenvalue weighted by Crippen LogP contribution is 2.37. The van der Waals surface area contributed by atoms with Gasteiger partial charge in [-0.2, -0.15) is 0 Å². The van der Waals surface area contributed by atoms with Gasteiger partial charge in [0.15, 0.2) is 5.78 Å². The van der Waals surface area contributed by atoms with E-state index in [1.54, 1.807) is 31.4 Å². The van der Waals surface area contributed by atoms with Gasteiger partial charge in [0.25, 0.3) is 5.91 Å². The van der Waals surface area contributed by atoms with E-state index in [0.717, 1.165) is 11.1 Å². The van der Waals surface area contributed by atoms with Crippen molar-refractivity contribution in [2.75, 3.05) is 7.11 Å². The first-order valence-electron chi connectivity index (χ1n) is 9.45. The molecule has 1 amide bonds. The van der Waals surface area contributed by atoms with Crippen LogP contribution in [0.3, 0.4) is 0 Å². The van der Waals surface area contributed by atoms with Crippen LogP contribution in [-0.2, 0) is 10.3 Å². The lowest BCUT2D eigenvalue weighted by Gasteiger charge is -2.28. The molecule has 1 unspecified atom stereocenters. The summed E-state index contributed by atoms with van der Waals surface area (Å²) in [5.74, 6) is 0.463. The standard InChI is InChI=1S/C25H21NO3/c1-29-21-14-12-19(13-15-21)23(27)17-25(20-10-6-3-7-11-20)16-22(24(28)26-25)18-8-4-2-5-9-18/h2-16H,17H2,1H3,(H,26,28). The van der Waals surface area contributed by atoms with E-state index in [9.17, 15) is 9.59 Å². The van der Waals surface area contributed by atoms with E-state index in [-0.39, 0.29) is 18.1 Å². The molecule has 0 saturated carbocycles. The van der Waals surface area contributed by atoms with Crippen LogP contribution >= 0.6 is 0 Å². The zero-order chi connectivity index (χ0) is 20.3. The molecule has 0 spiro atoms. The van der Waals surface area contributed by atoms with Crippen LogP contribution in [0.4, 0.5) is 0 Å². The van der Waals surface area contributed by atoms with E-state index in [4.69, 9.17) is 4.74 Å². The highest BCUT2D eigenvalue weighted by Gasteiger charge is 2.41. The topological polar surface area (TPSA) is 55.4 Å². The highest BCUT2D eigenvalue weighted by atomic mass is 16.5. The second-order valence-corrected chi connectivity index (χ2v) is 7.04. The van der Waals surface area contributed by atoms with Crippen LogP contribution in [0, 0.1) is 0 Å². The monoisotopic (exact) mass is 383 g/mol. The number of ketones is 1. The minimum atomic E-state index is -0.888. The van der Waals surface area contributed by atoms with Crippen LogP contribution in [0.1, 0.15) is 27.9 Å². The van der Waals surface area contributed by atoms with Crippen molar-refractivity contribution >= 4 is 17.3 Å². The third-order valence-electron chi connectivity index (χ3n) is 5.20. The Balaban J connectivity index is 1.74. The van der Waals surface area contributed by atoms with Gasteiger partial charge in [-0.1, -0.05) is 60.7 Å². The zero-order valence-electron chi connectivity index (χ0n) is 16.1. The molecule has 1 aliphatic heterocycles. The third kappa shape index (κ3) is 3.69. The van der Waals surface area contributed by atoms with E-state index in [2.05, 4.69) is 5.32 Å². The predicted octanol–water partition coefficient (Wildman–Crippen LogP) is 4.38. The molecule has 144 valence electrons. The van der Waals surface area contributed by atoms with Crippen LogP contribution < -0.4 is 10.1 Å². The number of nitrogens with one attached hydrogen (secondary N) is 1. The molecule has 0 saturated heterocycles. The maximum absolute atomic E-state index is 13.1. The van der Waals surface area contributed by atoms with E-state index in [1.807, 2.05) is 66.7 Å². The molecule has 0 aromatic heterocycles. The molecule has 1 aliphatic rings. The fourth-order valence-corrected chi connectivity index (χ4v) is 3.67. The number of benzene rings is 3. The summed E-state index contributed by atoms with van der Waals surface area (Å²) < 4.78 is 5.17. The summed E-state index contributed by atoms with van der Waals surface area (Å²) in [5, 5.41) is 3.08. The average molecular weight is 383 g/mol. The lowest BCUT2D eigenvalue weighted by Crippen LogP contribution is -2.41. The van der Waals surface area contributed by atoms with Crippen molar-refractivity contribution in [2.45, 2.75) is 12.0 Å². The minimum Gasteiger partial charge on any atom is -0.497 e. The van der Waals surface area contributed by atoms with Gasteiger partial charge in [0.1, 0.15) is 5.75 Å². The number of hydrogen-bond acceptors (Lipinski definition) is 3. The summed E-state index contributed by atoms with van der Waals surface area (Å²) >= 11 is 0. The number of methoxy groups -OCH3 is 1. The van der Waals surface area contributed by atoms with Crippen LogP contribution in [-0.4, -0.2) is 18.8 Å². The summed E-state index contributed by atoms with van der Waals surface area (Å²) in [5.41, 5.74) is 1.98.